The minimum Gasteiger partial charge on any atom is -0.478 e. The minimum atomic E-state index is -0.426. The summed E-state index contributed by atoms with van der Waals surface area (Å²) in [5.41, 5.74) is 0. The quantitative estimate of drug-likeness (QED) is 0.655. The summed E-state index contributed by atoms with van der Waals surface area (Å²) in [6.07, 6.45) is 0. The van der Waals surface area contributed by atoms with Crippen LogP contribution in [-0.2, 0) is 4.79 Å². The highest BCUT2D eigenvalue weighted by molar-refractivity contribution is 6.27. The molecule has 0 aliphatic rings. The minimum absolute atomic E-state index is 0.0671. The summed E-state index contributed by atoms with van der Waals surface area (Å²) in [6, 6.07) is 6.08. The fourth-order valence-electron chi connectivity index (χ4n) is 0.979. The second-order valence-electron chi connectivity index (χ2n) is 2.98. The number of halogens is 2. The molecule has 1 aromatic carbocycles. The molecule has 90 valence electrons. The van der Waals surface area contributed by atoms with Gasteiger partial charge in [0.1, 0.15) is 12.5 Å². The summed E-state index contributed by atoms with van der Waals surface area (Å²) in [5.74, 6) is 4.66. The van der Waals surface area contributed by atoms with Gasteiger partial charge in [-0.3, -0.25) is 4.79 Å². The zero-order valence-electron chi connectivity index (χ0n) is 9.00. The van der Waals surface area contributed by atoms with Gasteiger partial charge in [0.15, 0.2) is 11.6 Å². The molecule has 0 radical (unpaired) electrons. The first-order valence-electron chi connectivity index (χ1n) is 4.89. The molecule has 0 unspecified atom stereocenters. The van der Waals surface area contributed by atoms with Crippen molar-refractivity contribution < 1.29 is 13.9 Å². The third-order valence-electron chi connectivity index (χ3n) is 1.76. The van der Waals surface area contributed by atoms with Gasteiger partial charge in [0, 0.05) is 0 Å². The van der Waals surface area contributed by atoms with Crippen LogP contribution in [-0.4, -0.2) is 24.9 Å². The Balaban J connectivity index is 2.27. The smallest absolute Gasteiger partial charge is 0.235 e. The Labute approximate surface area is 104 Å². The molecule has 0 saturated carbocycles. The molecule has 0 spiro atoms. The van der Waals surface area contributed by atoms with Gasteiger partial charge in [-0.05, 0) is 12.1 Å². The summed E-state index contributed by atoms with van der Waals surface area (Å²) in [7, 11) is 0. The van der Waals surface area contributed by atoms with Crippen LogP contribution in [0.1, 0.15) is 0 Å². The van der Waals surface area contributed by atoms with Crippen molar-refractivity contribution in [2.45, 2.75) is 0 Å². The molecule has 1 rings (SSSR count). The molecule has 1 amide bonds. The number of hydrogen-bond acceptors (Lipinski definition) is 2. The first kappa shape index (κ1) is 13.3. The standard InChI is InChI=1S/C12H11ClFNO2/c13-9-12(16)15-7-3-4-8-17-11-6-2-1-5-10(11)14/h1-2,5-6H,7-9H2,(H,15,16). The monoisotopic (exact) mass is 255 g/mol. The van der Waals surface area contributed by atoms with Gasteiger partial charge < -0.3 is 10.1 Å². The maximum atomic E-state index is 13.1. The van der Waals surface area contributed by atoms with E-state index in [-0.39, 0.29) is 30.7 Å². The zero-order valence-corrected chi connectivity index (χ0v) is 9.76. The number of rotatable bonds is 4. The van der Waals surface area contributed by atoms with Gasteiger partial charge in [0.2, 0.25) is 5.91 Å². The van der Waals surface area contributed by atoms with Crippen LogP contribution >= 0.6 is 11.6 Å². The fraction of sp³-hybridized carbons (Fsp3) is 0.250. The van der Waals surface area contributed by atoms with Crippen LogP contribution in [0, 0.1) is 17.7 Å². The highest BCUT2D eigenvalue weighted by atomic mass is 35.5. The lowest BCUT2D eigenvalue weighted by Crippen LogP contribution is -2.24. The largest absolute Gasteiger partial charge is 0.478 e. The molecule has 0 aromatic heterocycles. The second-order valence-corrected chi connectivity index (χ2v) is 3.25. The van der Waals surface area contributed by atoms with Crippen LogP contribution in [0.25, 0.3) is 0 Å². The number of ether oxygens (including phenoxy) is 1. The normalized spacial score (nSPS) is 9.06. The molecular weight excluding hydrogens is 245 g/mol. The van der Waals surface area contributed by atoms with Crippen molar-refractivity contribution in [3.05, 3.63) is 30.1 Å². The molecule has 0 fully saturated rings. The van der Waals surface area contributed by atoms with Gasteiger partial charge in [0.05, 0.1) is 6.54 Å². The van der Waals surface area contributed by atoms with E-state index in [4.69, 9.17) is 16.3 Å². The molecule has 0 aliphatic heterocycles. The van der Waals surface area contributed by atoms with E-state index in [1.165, 1.54) is 12.1 Å². The number of hydrogen-bond donors (Lipinski definition) is 1. The van der Waals surface area contributed by atoms with Crippen molar-refractivity contribution >= 4 is 17.5 Å². The van der Waals surface area contributed by atoms with Crippen LogP contribution in [0.3, 0.4) is 0 Å². The van der Waals surface area contributed by atoms with Gasteiger partial charge >= 0.3 is 0 Å². The van der Waals surface area contributed by atoms with Gasteiger partial charge in [-0.15, -0.1) is 11.6 Å². The van der Waals surface area contributed by atoms with E-state index in [0.29, 0.717) is 0 Å². The molecule has 1 N–H and O–H groups in total. The zero-order chi connectivity index (χ0) is 12.5. The molecule has 17 heavy (non-hydrogen) atoms. The lowest BCUT2D eigenvalue weighted by molar-refractivity contribution is -0.118. The Bertz CT molecular complexity index is 440. The summed E-state index contributed by atoms with van der Waals surface area (Å²) in [5, 5.41) is 2.47. The van der Waals surface area contributed by atoms with Crippen molar-refractivity contribution in [3.8, 4) is 17.6 Å². The number of carbonyl (C=O) groups is 1. The topological polar surface area (TPSA) is 38.3 Å². The SMILES string of the molecule is O=C(CCl)NCC#CCOc1ccccc1F. The molecule has 5 heteroatoms. The average molecular weight is 256 g/mol. The fourth-order valence-corrected chi connectivity index (χ4v) is 1.07. The van der Waals surface area contributed by atoms with Crippen LogP contribution in [0.5, 0.6) is 5.75 Å². The van der Waals surface area contributed by atoms with E-state index in [0.717, 1.165) is 0 Å². The maximum absolute atomic E-state index is 13.1. The van der Waals surface area contributed by atoms with Crippen LogP contribution in [0.2, 0.25) is 0 Å². The first-order valence-corrected chi connectivity index (χ1v) is 5.43. The third-order valence-corrected chi connectivity index (χ3v) is 2.00. The van der Waals surface area contributed by atoms with E-state index in [2.05, 4.69) is 17.2 Å². The Morgan fingerprint density at radius 3 is 2.88 bits per heavy atom. The Morgan fingerprint density at radius 1 is 1.41 bits per heavy atom. The Morgan fingerprint density at radius 2 is 2.18 bits per heavy atom. The second kappa shape index (κ2) is 7.53. The number of para-hydroxylation sites is 1. The summed E-state index contributed by atoms with van der Waals surface area (Å²) >= 11 is 5.26. The highest BCUT2D eigenvalue weighted by Crippen LogP contribution is 2.14. The number of amides is 1. The van der Waals surface area contributed by atoms with Gasteiger partial charge in [-0.25, -0.2) is 4.39 Å². The number of nitrogens with one attached hydrogen (secondary N) is 1. The van der Waals surface area contributed by atoms with Crippen molar-refractivity contribution in [2.24, 2.45) is 0 Å². The van der Waals surface area contributed by atoms with Crippen molar-refractivity contribution in [1.29, 1.82) is 0 Å². The molecule has 0 saturated heterocycles. The summed E-state index contributed by atoms with van der Waals surface area (Å²) < 4.78 is 18.2. The van der Waals surface area contributed by atoms with E-state index in [1.54, 1.807) is 12.1 Å². The Hall–Kier alpha value is -1.73. The first-order chi connectivity index (χ1) is 8.24. The molecule has 0 aliphatic carbocycles. The highest BCUT2D eigenvalue weighted by Gasteiger charge is 1.98. The van der Waals surface area contributed by atoms with E-state index < -0.39 is 5.82 Å². The van der Waals surface area contributed by atoms with Crippen molar-refractivity contribution in [2.75, 3.05) is 19.0 Å². The van der Waals surface area contributed by atoms with Crippen LogP contribution in [0.15, 0.2) is 24.3 Å². The molecular formula is C12H11ClFNO2. The van der Waals surface area contributed by atoms with Gasteiger partial charge in [0.25, 0.3) is 0 Å². The predicted molar refractivity (Wildman–Crippen MR) is 63.4 cm³/mol. The number of carbonyl (C=O) groups excluding carboxylic acids is 1. The molecule has 3 nitrogen and oxygen atoms in total. The van der Waals surface area contributed by atoms with E-state index in [9.17, 15) is 9.18 Å². The number of alkyl halides is 1. The van der Waals surface area contributed by atoms with Crippen LogP contribution in [0.4, 0.5) is 4.39 Å². The lowest BCUT2D eigenvalue weighted by atomic mass is 10.3. The lowest BCUT2D eigenvalue weighted by Gasteiger charge is -2.01. The Kier molecular flexibility index (Phi) is 5.91. The van der Waals surface area contributed by atoms with Crippen molar-refractivity contribution in [1.82, 2.24) is 5.32 Å². The summed E-state index contributed by atoms with van der Waals surface area (Å²) in [4.78, 5) is 10.7. The molecule has 0 bridgehead atoms. The molecule has 0 heterocycles. The predicted octanol–water partition coefficient (Wildman–Crippen LogP) is 1.56. The molecule has 0 atom stereocenters. The van der Waals surface area contributed by atoms with E-state index >= 15 is 0 Å². The summed E-state index contributed by atoms with van der Waals surface area (Å²) in [6.45, 7) is 0.268. The van der Waals surface area contributed by atoms with E-state index in [1.807, 2.05) is 0 Å². The van der Waals surface area contributed by atoms with Crippen LogP contribution < -0.4 is 10.1 Å². The maximum Gasteiger partial charge on any atom is 0.235 e. The average Bonchev–Trinajstić information content (AvgIpc) is 2.35. The van der Waals surface area contributed by atoms with Gasteiger partial charge in [-0.2, -0.15) is 0 Å². The van der Waals surface area contributed by atoms with Gasteiger partial charge in [-0.1, -0.05) is 24.0 Å². The molecule has 1 aromatic rings. The number of benzene rings is 1. The van der Waals surface area contributed by atoms with Crippen molar-refractivity contribution in [3.63, 3.8) is 0 Å². The third kappa shape index (κ3) is 5.23.